The Bertz CT molecular complexity index is 480. The van der Waals surface area contributed by atoms with Gasteiger partial charge in [-0.05, 0) is 28.9 Å². The van der Waals surface area contributed by atoms with Crippen LogP contribution in [-0.4, -0.2) is 19.0 Å². The van der Waals surface area contributed by atoms with Crippen molar-refractivity contribution >= 4 is 5.91 Å². The molecule has 20 heavy (non-hydrogen) atoms. The Kier molecular flexibility index (Phi) is 4.48. The van der Waals surface area contributed by atoms with Crippen LogP contribution in [0.25, 0.3) is 0 Å². The molecule has 1 aromatic rings. The van der Waals surface area contributed by atoms with E-state index in [1.54, 1.807) is 0 Å². The van der Waals surface area contributed by atoms with E-state index in [0.717, 1.165) is 13.0 Å². The van der Waals surface area contributed by atoms with Crippen LogP contribution < -0.4 is 10.6 Å². The average molecular weight is 274 g/mol. The van der Waals surface area contributed by atoms with Gasteiger partial charge in [-0.3, -0.25) is 4.79 Å². The summed E-state index contributed by atoms with van der Waals surface area (Å²) < 4.78 is 0. The minimum atomic E-state index is 0.0823. The van der Waals surface area contributed by atoms with Gasteiger partial charge in [0.05, 0.1) is 6.54 Å². The maximum atomic E-state index is 11.9. The number of rotatable bonds is 5. The van der Waals surface area contributed by atoms with Gasteiger partial charge in [0.1, 0.15) is 0 Å². The van der Waals surface area contributed by atoms with E-state index in [4.69, 9.17) is 0 Å². The molecule has 0 fully saturated rings. The van der Waals surface area contributed by atoms with Crippen LogP contribution in [0.15, 0.2) is 24.3 Å². The predicted molar refractivity (Wildman–Crippen MR) is 82.5 cm³/mol. The number of hydrogen-bond donors (Lipinski definition) is 2. The maximum absolute atomic E-state index is 11.9. The number of benzene rings is 1. The van der Waals surface area contributed by atoms with Crippen molar-refractivity contribution in [2.75, 3.05) is 13.1 Å². The van der Waals surface area contributed by atoms with Crippen LogP contribution in [0.2, 0.25) is 0 Å². The minimum absolute atomic E-state index is 0.0823. The first kappa shape index (κ1) is 15.0. The lowest BCUT2D eigenvalue weighted by Gasteiger charge is -2.28. The van der Waals surface area contributed by atoms with Crippen LogP contribution in [0.3, 0.4) is 0 Å². The summed E-state index contributed by atoms with van der Waals surface area (Å²) in [6, 6.07) is 8.79. The molecule has 1 amide bonds. The Hall–Kier alpha value is -1.35. The van der Waals surface area contributed by atoms with Crippen molar-refractivity contribution in [2.45, 2.75) is 40.2 Å². The molecule has 1 atom stereocenters. The first-order valence-corrected chi connectivity index (χ1v) is 7.48. The highest BCUT2D eigenvalue weighted by molar-refractivity contribution is 5.78. The molecule has 0 spiro atoms. The van der Waals surface area contributed by atoms with Gasteiger partial charge in [0, 0.05) is 12.6 Å². The van der Waals surface area contributed by atoms with Crippen LogP contribution in [0, 0.1) is 11.3 Å². The van der Waals surface area contributed by atoms with Crippen molar-refractivity contribution in [2.24, 2.45) is 11.3 Å². The van der Waals surface area contributed by atoms with Crippen LogP contribution in [0.1, 0.15) is 44.9 Å². The third-order valence-electron chi connectivity index (χ3n) is 3.97. The number of hydrogen-bond acceptors (Lipinski definition) is 2. The standard InChI is InChI=1S/C17H26N2O/c1-12(2)10-18-15(20)11-19-16-14-8-6-5-7-13(14)9-17(16,3)4/h5-8,12,16,19H,9-11H2,1-4H3,(H,18,20). The monoisotopic (exact) mass is 274 g/mol. The molecule has 1 aliphatic carbocycles. The lowest BCUT2D eigenvalue weighted by molar-refractivity contribution is -0.120. The molecule has 0 saturated carbocycles. The van der Waals surface area contributed by atoms with Gasteiger partial charge in [-0.25, -0.2) is 0 Å². The molecule has 0 saturated heterocycles. The number of nitrogens with one attached hydrogen (secondary N) is 2. The first-order chi connectivity index (χ1) is 9.40. The number of amides is 1. The van der Waals surface area contributed by atoms with Crippen molar-refractivity contribution in [1.82, 2.24) is 10.6 Å². The molecule has 0 heterocycles. The quantitative estimate of drug-likeness (QED) is 0.866. The van der Waals surface area contributed by atoms with Gasteiger partial charge in [0.25, 0.3) is 0 Å². The molecule has 3 heteroatoms. The molecule has 110 valence electrons. The van der Waals surface area contributed by atoms with Crippen molar-refractivity contribution < 1.29 is 4.79 Å². The van der Waals surface area contributed by atoms with Crippen LogP contribution in [0.5, 0.6) is 0 Å². The Balaban J connectivity index is 1.96. The topological polar surface area (TPSA) is 41.1 Å². The third-order valence-corrected chi connectivity index (χ3v) is 3.97. The number of carbonyl (C=O) groups is 1. The van der Waals surface area contributed by atoms with Crippen LogP contribution >= 0.6 is 0 Å². The summed E-state index contributed by atoms with van der Waals surface area (Å²) in [5.74, 6) is 0.571. The average Bonchev–Trinajstić information content (AvgIpc) is 2.63. The summed E-state index contributed by atoms with van der Waals surface area (Å²) in [6.45, 7) is 9.85. The Morgan fingerprint density at radius 1 is 1.35 bits per heavy atom. The molecule has 0 bridgehead atoms. The second-order valence-corrected chi connectivity index (χ2v) is 6.88. The first-order valence-electron chi connectivity index (χ1n) is 7.48. The lowest BCUT2D eigenvalue weighted by atomic mass is 9.85. The van der Waals surface area contributed by atoms with Crippen molar-refractivity contribution in [3.05, 3.63) is 35.4 Å². The second kappa shape index (κ2) is 5.96. The zero-order valence-electron chi connectivity index (χ0n) is 13.0. The fraction of sp³-hybridized carbons (Fsp3) is 0.588. The summed E-state index contributed by atoms with van der Waals surface area (Å²) in [6.07, 6.45) is 1.06. The van der Waals surface area contributed by atoms with E-state index in [-0.39, 0.29) is 17.4 Å². The molecular formula is C17H26N2O. The van der Waals surface area contributed by atoms with Gasteiger partial charge < -0.3 is 10.6 Å². The van der Waals surface area contributed by atoms with Gasteiger partial charge in [-0.1, -0.05) is 52.0 Å². The van der Waals surface area contributed by atoms with E-state index >= 15 is 0 Å². The normalized spacial score (nSPS) is 19.9. The van der Waals surface area contributed by atoms with E-state index in [1.165, 1.54) is 11.1 Å². The molecule has 0 radical (unpaired) electrons. The largest absolute Gasteiger partial charge is 0.355 e. The highest BCUT2D eigenvalue weighted by atomic mass is 16.1. The fourth-order valence-electron chi connectivity index (χ4n) is 2.95. The maximum Gasteiger partial charge on any atom is 0.233 e. The highest BCUT2D eigenvalue weighted by Crippen LogP contribution is 2.44. The molecule has 1 aliphatic rings. The van der Waals surface area contributed by atoms with Crippen molar-refractivity contribution in [1.29, 1.82) is 0 Å². The predicted octanol–water partition coefficient (Wildman–Crippen LogP) is 2.67. The van der Waals surface area contributed by atoms with Crippen molar-refractivity contribution in [3.63, 3.8) is 0 Å². The Labute approximate surface area is 122 Å². The van der Waals surface area contributed by atoms with Gasteiger partial charge in [0.15, 0.2) is 0 Å². The third kappa shape index (κ3) is 3.40. The van der Waals surface area contributed by atoms with Crippen LogP contribution in [0.4, 0.5) is 0 Å². The summed E-state index contributed by atoms with van der Waals surface area (Å²) in [7, 11) is 0. The Morgan fingerprint density at radius 2 is 2.05 bits per heavy atom. The molecule has 2 rings (SSSR count). The second-order valence-electron chi connectivity index (χ2n) is 6.88. The van der Waals surface area contributed by atoms with Crippen molar-refractivity contribution in [3.8, 4) is 0 Å². The molecular weight excluding hydrogens is 248 g/mol. The fourth-order valence-corrected chi connectivity index (χ4v) is 2.95. The van der Waals surface area contributed by atoms with E-state index in [9.17, 15) is 4.79 Å². The van der Waals surface area contributed by atoms with Gasteiger partial charge in [-0.2, -0.15) is 0 Å². The zero-order chi connectivity index (χ0) is 14.8. The summed E-state index contributed by atoms with van der Waals surface area (Å²) in [5.41, 5.74) is 2.90. The smallest absolute Gasteiger partial charge is 0.233 e. The van der Waals surface area contributed by atoms with Gasteiger partial charge in [-0.15, -0.1) is 0 Å². The number of carbonyl (C=O) groups excluding carboxylic acids is 1. The lowest BCUT2D eigenvalue weighted by Crippen LogP contribution is -2.40. The van der Waals surface area contributed by atoms with Gasteiger partial charge >= 0.3 is 0 Å². The molecule has 2 N–H and O–H groups in total. The summed E-state index contributed by atoms with van der Waals surface area (Å²) >= 11 is 0. The minimum Gasteiger partial charge on any atom is -0.355 e. The van der Waals surface area contributed by atoms with E-state index < -0.39 is 0 Å². The van der Waals surface area contributed by atoms with E-state index in [0.29, 0.717) is 12.5 Å². The number of fused-ring (bicyclic) bond motifs is 1. The highest BCUT2D eigenvalue weighted by Gasteiger charge is 2.38. The molecule has 3 nitrogen and oxygen atoms in total. The molecule has 0 aliphatic heterocycles. The van der Waals surface area contributed by atoms with Crippen LogP contribution in [-0.2, 0) is 11.2 Å². The van der Waals surface area contributed by atoms with E-state index in [2.05, 4.69) is 62.6 Å². The van der Waals surface area contributed by atoms with Gasteiger partial charge in [0.2, 0.25) is 5.91 Å². The summed E-state index contributed by atoms with van der Waals surface area (Å²) in [4.78, 5) is 11.9. The molecule has 1 unspecified atom stereocenters. The SMILES string of the molecule is CC(C)CNC(=O)CNC1c2ccccc2CC1(C)C. The molecule has 1 aromatic carbocycles. The molecule has 0 aromatic heterocycles. The summed E-state index contributed by atoms with van der Waals surface area (Å²) in [5, 5.41) is 6.40. The Morgan fingerprint density at radius 3 is 2.75 bits per heavy atom. The van der Waals surface area contributed by atoms with E-state index in [1.807, 2.05) is 0 Å². The zero-order valence-corrected chi connectivity index (χ0v) is 13.0.